The van der Waals surface area contributed by atoms with Crippen molar-refractivity contribution in [3.8, 4) is 11.8 Å². The fraction of sp³-hybridized carbons (Fsp3) is 0.692. The van der Waals surface area contributed by atoms with Crippen LogP contribution in [-0.4, -0.2) is 21.9 Å². The summed E-state index contributed by atoms with van der Waals surface area (Å²) in [4.78, 5) is 0. The second kappa shape index (κ2) is 6.89. The van der Waals surface area contributed by atoms with E-state index in [1.807, 2.05) is 30.3 Å². The lowest BCUT2D eigenvalue weighted by Crippen LogP contribution is -2.53. The summed E-state index contributed by atoms with van der Waals surface area (Å²) in [6, 6.07) is 10.1. The molecule has 0 spiro atoms. The predicted octanol–water partition coefficient (Wildman–Crippen LogP) is 4.78. The highest BCUT2D eigenvalue weighted by atomic mass is 16.3. The highest BCUT2D eigenvalue weighted by Gasteiger charge is 2.59. The molecule has 0 bridgehead atoms. The molecule has 4 saturated carbocycles. The number of aliphatic hydroxyl groups excluding tert-OH is 1. The van der Waals surface area contributed by atoms with E-state index in [-0.39, 0.29) is 6.10 Å². The maximum Gasteiger partial charge on any atom is 0.128 e. The highest BCUT2D eigenvalue weighted by Crippen LogP contribution is 2.64. The molecule has 0 saturated heterocycles. The van der Waals surface area contributed by atoms with Gasteiger partial charge in [0, 0.05) is 11.5 Å². The summed E-state index contributed by atoms with van der Waals surface area (Å²) < 4.78 is 0. The van der Waals surface area contributed by atoms with Crippen molar-refractivity contribution in [3.05, 3.63) is 35.9 Å². The minimum Gasteiger partial charge on any atom is -0.393 e. The van der Waals surface area contributed by atoms with Gasteiger partial charge < -0.3 is 10.2 Å². The van der Waals surface area contributed by atoms with Gasteiger partial charge in [0.2, 0.25) is 0 Å². The summed E-state index contributed by atoms with van der Waals surface area (Å²) in [7, 11) is 0. The molecule has 1 aromatic carbocycles. The molecule has 5 rings (SSSR count). The van der Waals surface area contributed by atoms with Crippen LogP contribution in [-0.2, 0) is 0 Å². The lowest BCUT2D eigenvalue weighted by Gasteiger charge is -2.59. The molecular weight excluding hydrogens is 344 g/mol. The van der Waals surface area contributed by atoms with Crippen molar-refractivity contribution >= 4 is 0 Å². The number of fused-ring (bicyclic) bond motifs is 5. The summed E-state index contributed by atoms with van der Waals surface area (Å²) in [5.74, 6) is 9.79. The minimum atomic E-state index is -0.800. The third-order valence-corrected chi connectivity index (χ3v) is 9.24. The second-order valence-electron chi connectivity index (χ2n) is 10.4. The molecular formula is C26H34O2. The summed E-state index contributed by atoms with van der Waals surface area (Å²) >= 11 is 0. The Labute approximate surface area is 169 Å². The van der Waals surface area contributed by atoms with Crippen molar-refractivity contribution < 1.29 is 10.2 Å². The second-order valence-corrected chi connectivity index (χ2v) is 10.4. The highest BCUT2D eigenvalue weighted by molar-refractivity contribution is 5.37. The SMILES string of the molecule is C[C@]12CC[C@H](O)C[C@@H]1CC[C@@H]1[C@H]3CC[C@@](O)(C#Cc4ccccc4)[C@H]3CC[C@@H]12. The van der Waals surface area contributed by atoms with E-state index in [2.05, 4.69) is 18.8 Å². The maximum atomic E-state index is 11.5. The number of hydrogen-bond donors (Lipinski definition) is 2. The fourth-order valence-corrected chi connectivity index (χ4v) is 7.78. The van der Waals surface area contributed by atoms with Gasteiger partial charge in [0.05, 0.1) is 6.10 Å². The molecule has 4 aliphatic carbocycles. The summed E-state index contributed by atoms with van der Waals surface area (Å²) in [6.07, 6.45) is 10.0. The van der Waals surface area contributed by atoms with Crippen molar-refractivity contribution in [2.45, 2.75) is 76.4 Å². The Balaban J connectivity index is 1.37. The van der Waals surface area contributed by atoms with Gasteiger partial charge in [0.1, 0.15) is 5.60 Å². The zero-order valence-corrected chi connectivity index (χ0v) is 17.1. The van der Waals surface area contributed by atoms with Crippen molar-refractivity contribution in [1.29, 1.82) is 0 Å². The molecule has 0 radical (unpaired) electrons. The standard InChI is InChI=1S/C26H34O2/c1-25-14-12-20(27)17-19(25)7-8-21-22-13-16-26(28,24(22)10-9-23(21)25)15-11-18-5-3-2-4-6-18/h2-6,19-24,27-28H,7-10,12-14,16-17H2,1H3/t19-,20-,21+,22+,23-,24-,25-,26-/m0/s1. The molecule has 150 valence electrons. The Morgan fingerprint density at radius 3 is 2.46 bits per heavy atom. The van der Waals surface area contributed by atoms with E-state index in [9.17, 15) is 10.2 Å². The Bertz CT molecular complexity index is 777. The van der Waals surface area contributed by atoms with Crippen LogP contribution in [0, 0.1) is 46.8 Å². The van der Waals surface area contributed by atoms with Crippen molar-refractivity contribution in [2.75, 3.05) is 0 Å². The first-order chi connectivity index (χ1) is 13.5. The van der Waals surface area contributed by atoms with Gasteiger partial charge in [-0.2, -0.15) is 0 Å². The first kappa shape index (κ1) is 18.7. The average molecular weight is 379 g/mol. The average Bonchev–Trinajstić information content (AvgIpc) is 3.05. The first-order valence-electron chi connectivity index (χ1n) is 11.5. The van der Waals surface area contributed by atoms with Crippen LogP contribution < -0.4 is 0 Å². The molecule has 2 heteroatoms. The lowest BCUT2D eigenvalue weighted by molar-refractivity contribution is -0.116. The Morgan fingerprint density at radius 1 is 0.893 bits per heavy atom. The molecule has 28 heavy (non-hydrogen) atoms. The minimum absolute atomic E-state index is 0.0733. The molecule has 0 heterocycles. The molecule has 8 atom stereocenters. The lowest BCUT2D eigenvalue weighted by atomic mass is 9.47. The number of hydrogen-bond acceptors (Lipinski definition) is 2. The quantitative estimate of drug-likeness (QED) is 0.638. The van der Waals surface area contributed by atoms with Gasteiger partial charge in [-0.3, -0.25) is 0 Å². The zero-order chi connectivity index (χ0) is 19.4. The van der Waals surface area contributed by atoms with Gasteiger partial charge in [0.15, 0.2) is 0 Å². The third kappa shape index (κ3) is 2.94. The van der Waals surface area contributed by atoms with E-state index < -0.39 is 5.60 Å². The van der Waals surface area contributed by atoms with Crippen LogP contribution in [0.15, 0.2) is 30.3 Å². The third-order valence-electron chi connectivity index (χ3n) is 9.24. The monoisotopic (exact) mass is 378 g/mol. The van der Waals surface area contributed by atoms with Gasteiger partial charge >= 0.3 is 0 Å². The molecule has 0 amide bonds. The zero-order valence-electron chi connectivity index (χ0n) is 17.1. The molecule has 1 aromatic rings. The van der Waals surface area contributed by atoms with Crippen LogP contribution in [0.1, 0.15) is 70.3 Å². The summed E-state index contributed by atoms with van der Waals surface area (Å²) in [5, 5.41) is 21.6. The van der Waals surface area contributed by atoms with Crippen molar-refractivity contribution in [1.82, 2.24) is 0 Å². The van der Waals surface area contributed by atoms with Crippen LogP contribution in [0.3, 0.4) is 0 Å². The topological polar surface area (TPSA) is 40.5 Å². The van der Waals surface area contributed by atoms with Gasteiger partial charge in [-0.25, -0.2) is 0 Å². The first-order valence-corrected chi connectivity index (χ1v) is 11.5. The maximum absolute atomic E-state index is 11.5. The number of rotatable bonds is 0. The van der Waals surface area contributed by atoms with E-state index in [4.69, 9.17) is 0 Å². The van der Waals surface area contributed by atoms with Crippen molar-refractivity contribution in [2.24, 2.45) is 35.0 Å². The van der Waals surface area contributed by atoms with E-state index in [1.165, 1.54) is 25.7 Å². The van der Waals surface area contributed by atoms with Gasteiger partial charge in [-0.1, -0.05) is 37.0 Å². The molecule has 0 unspecified atom stereocenters. The predicted molar refractivity (Wildman–Crippen MR) is 111 cm³/mol. The van der Waals surface area contributed by atoms with Crippen LogP contribution in [0.4, 0.5) is 0 Å². The molecule has 4 fully saturated rings. The molecule has 4 aliphatic rings. The normalized spacial score (nSPS) is 47.2. The molecule has 0 aliphatic heterocycles. The summed E-state index contributed by atoms with van der Waals surface area (Å²) in [6.45, 7) is 2.52. The van der Waals surface area contributed by atoms with Gasteiger partial charge in [-0.15, -0.1) is 0 Å². The van der Waals surface area contributed by atoms with Gasteiger partial charge in [-0.05, 0) is 99.0 Å². The smallest absolute Gasteiger partial charge is 0.128 e. The van der Waals surface area contributed by atoms with Crippen molar-refractivity contribution in [3.63, 3.8) is 0 Å². The van der Waals surface area contributed by atoms with Gasteiger partial charge in [0.25, 0.3) is 0 Å². The van der Waals surface area contributed by atoms with E-state index in [0.717, 1.165) is 49.5 Å². The summed E-state index contributed by atoms with van der Waals surface area (Å²) in [5.41, 5.74) is 0.608. The van der Waals surface area contributed by atoms with Crippen LogP contribution >= 0.6 is 0 Å². The number of benzene rings is 1. The van der Waals surface area contributed by atoms with E-state index in [1.54, 1.807) is 0 Å². The fourth-order valence-electron chi connectivity index (χ4n) is 7.78. The molecule has 2 N–H and O–H groups in total. The Hall–Kier alpha value is -1.30. The Morgan fingerprint density at radius 2 is 1.64 bits per heavy atom. The molecule has 0 aromatic heterocycles. The molecule has 2 nitrogen and oxygen atoms in total. The van der Waals surface area contributed by atoms with Crippen LogP contribution in [0.25, 0.3) is 0 Å². The van der Waals surface area contributed by atoms with Crippen LogP contribution in [0.5, 0.6) is 0 Å². The Kier molecular flexibility index (Phi) is 4.61. The van der Waals surface area contributed by atoms with Crippen LogP contribution in [0.2, 0.25) is 0 Å². The number of aliphatic hydroxyl groups is 2. The largest absolute Gasteiger partial charge is 0.393 e. The van der Waals surface area contributed by atoms with E-state index in [0.29, 0.717) is 23.2 Å². The van der Waals surface area contributed by atoms with E-state index >= 15 is 0 Å².